The van der Waals surface area contributed by atoms with Gasteiger partial charge in [0.2, 0.25) is 0 Å². The van der Waals surface area contributed by atoms with Crippen LogP contribution in [0, 0.1) is 0 Å². The predicted octanol–water partition coefficient (Wildman–Crippen LogP) is 6.68. The van der Waals surface area contributed by atoms with Crippen molar-refractivity contribution in [3.63, 3.8) is 0 Å². The number of rotatable bonds is 8. The molecule has 1 unspecified atom stereocenters. The molecule has 13 nitrogen and oxygen atoms in total. The average Bonchev–Trinajstić information content (AvgIpc) is 3.02. The molecule has 1 aromatic carbocycles. The van der Waals surface area contributed by atoms with Crippen molar-refractivity contribution in [3.8, 4) is 11.4 Å². The number of ether oxygens (including phenoxy) is 2. The lowest BCUT2D eigenvalue weighted by atomic mass is 10.0. The monoisotopic (exact) mass is 665 g/mol. The average molecular weight is 666 g/mol. The minimum absolute atomic E-state index is 0.0297. The standard InChI is InChI=1S/C33H44ClN9O4/c1-21(2)24-18-23(46-17-12-36-39-35)10-11-27(24)43-29-25(19-26(34)30(37-29)40-13-8-7-9-14-40)28(38-31(43)44)42-16-15-41(20-22(42)3)32(45)47-33(4,5)6/h10-11,18-19,21-22H,7-9,12-17,20H2,1-6H3. The van der Waals surface area contributed by atoms with Crippen LogP contribution in [0.5, 0.6) is 5.75 Å². The molecular formula is C33H44ClN9O4. The molecule has 2 aromatic heterocycles. The Morgan fingerprint density at radius 1 is 1.11 bits per heavy atom. The number of hydrogen-bond acceptors (Lipinski definition) is 9. The maximum atomic E-state index is 14.2. The number of azide groups is 1. The zero-order valence-electron chi connectivity index (χ0n) is 28.1. The smallest absolute Gasteiger partial charge is 0.410 e. The summed E-state index contributed by atoms with van der Waals surface area (Å²) >= 11 is 6.97. The number of pyridine rings is 1. The van der Waals surface area contributed by atoms with Gasteiger partial charge in [0.1, 0.15) is 23.0 Å². The topological polar surface area (TPSA) is 142 Å². The van der Waals surface area contributed by atoms with E-state index >= 15 is 0 Å². The zero-order valence-corrected chi connectivity index (χ0v) is 28.8. The highest BCUT2D eigenvalue weighted by molar-refractivity contribution is 6.33. The number of carbonyl (C=O) groups is 1. The normalized spacial score (nSPS) is 17.2. The molecule has 1 atom stereocenters. The van der Waals surface area contributed by atoms with Gasteiger partial charge in [0.05, 0.1) is 29.2 Å². The summed E-state index contributed by atoms with van der Waals surface area (Å²) in [6.45, 7) is 15.0. The molecule has 252 valence electrons. The summed E-state index contributed by atoms with van der Waals surface area (Å²) in [4.78, 5) is 45.5. The summed E-state index contributed by atoms with van der Waals surface area (Å²) in [5, 5.41) is 4.69. The van der Waals surface area contributed by atoms with E-state index in [0.29, 0.717) is 58.8 Å². The Morgan fingerprint density at radius 2 is 1.85 bits per heavy atom. The summed E-state index contributed by atoms with van der Waals surface area (Å²) < 4.78 is 13.0. The summed E-state index contributed by atoms with van der Waals surface area (Å²) in [5.41, 5.74) is 9.51. The molecule has 1 amide bonds. The Balaban J connectivity index is 1.62. The number of anilines is 2. The number of aromatic nitrogens is 3. The SMILES string of the molecule is CC(C)c1cc(OCCN=[N+]=[N-])ccc1-n1c(=O)nc(N2CCN(C(=O)OC(C)(C)C)CC2C)c2cc(Cl)c(N3CCCCC3)nc21. The molecule has 0 bridgehead atoms. The first-order valence-corrected chi connectivity index (χ1v) is 16.7. The van der Waals surface area contributed by atoms with E-state index in [2.05, 4.69) is 24.8 Å². The number of benzene rings is 1. The lowest BCUT2D eigenvalue weighted by Crippen LogP contribution is -2.55. The van der Waals surface area contributed by atoms with Crippen LogP contribution in [0.3, 0.4) is 0 Å². The van der Waals surface area contributed by atoms with Crippen LogP contribution < -0.4 is 20.2 Å². The molecule has 2 aliphatic rings. The largest absolute Gasteiger partial charge is 0.493 e. The lowest BCUT2D eigenvalue weighted by Gasteiger charge is -2.41. The number of piperazine rings is 1. The molecule has 47 heavy (non-hydrogen) atoms. The molecule has 14 heteroatoms. The highest BCUT2D eigenvalue weighted by atomic mass is 35.5. The Bertz CT molecular complexity index is 1730. The van der Waals surface area contributed by atoms with Crippen LogP contribution in [0.25, 0.3) is 27.2 Å². The maximum absolute atomic E-state index is 14.2. The van der Waals surface area contributed by atoms with Gasteiger partial charge in [-0.3, -0.25) is 0 Å². The molecular weight excluding hydrogens is 622 g/mol. The first kappa shape index (κ1) is 34.1. The van der Waals surface area contributed by atoms with Gasteiger partial charge in [-0.1, -0.05) is 30.6 Å². The third-order valence-electron chi connectivity index (χ3n) is 8.37. The second-order valence-electron chi connectivity index (χ2n) is 13.4. The van der Waals surface area contributed by atoms with Gasteiger partial charge in [-0.15, -0.1) is 0 Å². The molecule has 3 aromatic rings. The highest BCUT2D eigenvalue weighted by Gasteiger charge is 2.33. The molecule has 5 rings (SSSR count). The molecule has 4 heterocycles. The molecule has 2 saturated heterocycles. The van der Waals surface area contributed by atoms with E-state index in [1.165, 1.54) is 0 Å². The highest BCUT2D eigenvalue weighted by Crippen LogP contribution is 2.36. The van der Waals surface area contributed by atoms with E-state index in [1.54, 1.807) is 15.5 Å². The maximum Gasteiger partial charge on any atom is 0.410 e. The first-order valence-electron chi connectivity index (χ1n) is 16.3. The molecule has 0 radical (unpaired) electrons. The summed E-state index contributed by atoms with van der Waals surface area (Å²) in [6, 6.07) is 7.27. The van der Waals surface area contributed by atoms with Crippen molar-refractivity contribution in [3.05, 3.63) is 55.8 Å². The van der Waals surface area contributed by atoms with Crippen molar-refractivity contribution < 1.29 is 14.3 Å². The molecule has 2 aliphatic heterocycles. The summed E-state index contributed by atoms with van der Waals surface area (Å²) in [6.07, 6.45) is 2.88. The predicted molar refractivity (Wildman–Crippen MR) is 184 cm³/mol. The van der Waals surface area contributed by atoms with Crippen LogP contribution in [-0.2, 0) is 4.74 Å². The number of fused-ring (bicyclic) bond motifs is 1. The third kappa shape index (κ3) is 7.68. The number of piperidine rings is 1. The van der Waals surface area contributed by atoms with Crippen LogP contribution in [-0.4, -0.2) is 83.0 Å². The second kappa shape index (κ2) is 14.3. The fourth-order valence-electron chi connectivity index (χ4n) is 6.16. The Hall–Kier alpha value is -4.22. The first-order chi connectivity index (χ1) is 22.4. The van der Waals surface area contributed by atoms with Gasteiger partial charge >= 0.3 is 11.8 Å². The lowest BCUT2D eigenvalue weighted by molar-refractivity contribution is 0.0218. The van der Waals surface area contributed by atoms with E-state index in [4.69, 9.17) is 31.6 Å². The van der Waals surface area contributed by atoms with Crippen molar-refractivity contribution in [1.82, 2.24) is 19.4 Å². The van der Waals surface area contributed by atoms with Crippen molar-refractivity contribution in [2.24, 2.45) is 5.11 Å². The van der Waals surface area contributed by atoms with Crippen LogP contribution in [0.15, 0.2) is 34.2 Å². The molecule has 0 N–H and O–H groups in total. The number of halogens is 1. The number of hydrogen-bond donors (Lipinski definition) is 0. The van der Waals surface area contributed by atoms with Gasteiger partial charge < -0.3 is 24.2 Å². The van der Waals surface area contributed by atoms with E-state index in [-0.39, 0.29) is 31.2 Å². The van der Waals surface area contributed by atoms with Crippen molar-refractivity contribution >= 4 is 40.4 Å². The second-order valence-corrected chi connectivity index (χ2v) is 13.8. The molecule has 0 spiro atoms. The molecule has 0 aliphatic carbocycles. The number of carbonyl (C=O) groups excluding carboxylic acids is 1. The van der Waals surface area contributed by atoms with Gasteiger partial charge in [-0.25, -0.2) is 19.1 Å². The van der Waals surface area contributed by atoms with E-state index in [0.717, 1.165) is 37.9 Å². The Morgan fingerprint density at radius 3 is 2.51 bits per heavy atom. The summed E-state index contributed by atoms with van der Waals surface area (Å²) in [5.74, 6) is 1.77. The van der Waals surface area contributed by atoms with Gasteiger partial charge in [-0.2, -0.15) is 4.98 Å². The van der Waals surface area contributed by atoms with Gasteiger partial charge in [0.15, 0.2) is 5.65 Å². The number of nitrogens with zero attached hydrogens (tertiary/aromatic N) is 9. The van der Waals surface area contributed by atoms with E-state index in [1.807, 2.05) is 59.7 Å². The van der Waals surface area contributed by atoms with Crippen molar-refractivity contribution in [2.75, 3.05) is 55.7 Å². The fourth-order valence-corrected chi connectivity index (χ4v) is 6.43. The van der Waals surface area contributed by atoms with Crippen LogP contribution in [0.2, 0.25) is 5.02 Å². The van der Waals surface area contributed by atoms with Crippen molar-refractivity contribution in [1.29, 1.82) is 0 Å². The van der Waals surface area contributed by atoms with Crippen LogP contribution in [0.4, 0.5) is 16.4 Å². The van der Waals surface area contributed by atoms with E-state index in [9.17, 15) is 9.59 Å². The van der Waals surface area contributed by atoms with Gasteiger partial charge in [-0.05, 0) is 88.2 Å². The van der Waals surface area contributed by atoms with Gasteiger partial charge in [0.25, 0.3) is 0 Å². The minimum atomic E-state index is -0.598. The summed E-state index contributed by atoms with van der Waals surface area (Å²) in [7, 11) is 0. The molecule has 2 fully saturated rings. The molecule has 0 saturated carbocycles. The fraction of sp³-hybridized carbons (Fsp3) is 0.576. The van der Waals surface area contributed by atoms with Crippen molar-refractivity contribution in [2.45, 2.75) is 78.4 Å². The Kier molecular flexibility index (Phi) is 10.4. The minimum Gasteiger partial charge on any atom is -0.493 e. The van der Waals surface area contributed by atoms with Crippen LogP contribution in [0.1, 0.15) is 72.3 Å². The van der Waals surface area contributed by atoms with Gasteiger partial charge in [0, 0.05) is 43.7 Å². The van der Waals surface area contributed by atoms with E-state index < -0.39 is 11.3 Å². The van der Waals surface area contributed by atoms with Crippen LogP contribution >= 0.6 is 11.6 Å². The quantitative estimate of drug-likeness (QED) is 0.112. The Labute approximate surface area is 280 Å². The zero-order chi connectivity index (χ0) is 33.9. The third-order valence-corrected chi connectivity index (χ3v) is 8.65. The number of amides is 1.